The van der Waals surface area contributed by atoms with Gasteiger partial charge in [0.05, 0.1) is 6.20 Å². The molecule has 1 aromatic heterocycles. The van der Waals surface area contributed by atoms with Gasteiger partial charge in [-0.05, 0) is 0 Å². The Hall–Kier alpha value is -0.790. The molecule has 0 unspecified atom stereocenters. The van der Waals surface area contributed by atoms with Gasteiger partial charge in [0.15, 0.2) is 5.89 Å². The van der Waals surface area contributed by atoms with Gasteiger partial charge in [0.1, 0.15) is 5.76 Å². The van der Waals surface area contributed by atoms with Crippen LogP contribution in [0.15, 0.2) is 10.6 Å². The molecule has 74 valence electrons. The summed E-state index contributed by atoms with van der Waals surface area (Å²) in [4.78, 5) is 4.29. The molecule has 13 heavy (non-hydrogen) atoms. The van der Waals surface area contributed by atoms with Gasteiger partial charge in [-0.3, -0.25) is 0 Å². The van der Waals surface area contributed by atoms with Gasteiger partial charge >= 0.3 is 0 Å². The van der Waals surface area contributed by atoms with Crippen LogP contribution in [0.1, 0.15) is 53.2 Å². The lowest BCUT2D eigenvalue weighted by Crippen LogP contribution is -2.12. The molecule has 1 rings (SSSR count). The molecular weight excluding hydrogens is 162 g/mol. The number of hydrogen-bond donors (Lipinski definition) is 0. The molecule has 0 bridgehead atoms. The molecular formula is C11H19NO. The Morgan fingerprint density at radius 3 is 1.77 bits per heavy atom. The lowest BCUT2D eigenvalue weighted by Gasteiger charge is -2.16. The lowest BCUT2D eigenvalue weighted by atomic mass is 9.94. The molecule has 0 aliphatic heterocycles. The molecule has 0 aliphatic carbocycles. The predicted octanol–water partition coefficient (Wildman–Crippen LogP) is 3.27. The van der Waals surface area contributed by atoms with E-state index in [0.29, 0.717) is 0 Å². The summed E-state index contributed by atoms with van der Waals surface area (Å²) in [7, 11) is 0. The molecule has 0 N–H and O–H groups in total. The van der Waals surface area contributed by atoms with Crippen molar-refractivity contribution in [2.45, 2.75) is 52.4 Å². The van der Waals surface area contributed by atoms with E-state index >= 15 is 0 Å². The molecule has 0 atom stereocenters. The van der Waals surface area contributed by atoms with Crippen molar-refractivity contribution in [3.63, 3.8) is 0 Å². The maximum absolute atomic E-state index is 5.70. The highest BCUT2D eigenvalue weighted by Gasteiger charge is 2.24. The number of oxazole rings is 1. The van der Waals surface area contributed by atoms with Crippen LogP contribution in [0.4, 0.5) is 0 Å². The van der Waals surface area contributed by atoms with Gasteiger partial charge in [-0.2, -0.15) is 0 Å². The second kappa shape index (κ2) is 2.86. The zero-order valence-corrected chi connectivity index (χ0v) is 9.43. The van der Waals surface area contributed by atoms with Gasteiger partial charge in [-0.25, -0.2) is 4.98 Å². The zero-order chi connectivity index (χ0) is 10.3. The summed E-state index contributed by atoms with van der Waals surface area (Å²) in [6, 6.07) is 0. The third-order valence-electron chi connectivity index (χ3n) is 1.89. The van der Waals surface area contributed by atoms with E-state index < -0.39 is 0 Å². The van der Waals surface area contributed by atoms with Crippen LogP contribution in [-0.4, -0.2) is 4.98 Å². The second-order valence-electron chi connectivity index (χ2n) is 5.53. The van der Waals surface area contributed by atoms with Gasteiger partial charge in [0.2, 0.25) is 0 Å². The summed E-state index contributed by atoms with van der Waals surface area (Å²) >= 11 is 0. The first-order valence-corrected chi connectivity index (χ1v) is 4.68. The van der Waals surface area contributed by atoms with Crippen LogP contribution >= 0.6 is 0 Å². The van der Waals surface area contributed by atoms with Crippen molar-refractivity contribution >= 4 is 0 Å². The lowest BCUT2D eigenvalue weighted by molar-refractivity contribution is 0.335. The molecule has 0 radical (unpaired) electrons. The Balaban J connectivity index is 3.01. The van der Waals surface area contributed by atoms with E-state index in [2.05, 4.69) is 46.5 Å². The van der Waals surface area contributed by atoms with Gasteiger partial charge in [0.25, 0.3) is 0 Å². The number of aromatic nitrogens is 1. The second-order valence-corrected chi connectivity index (χ2v) is 5.53. The van der Waals surface area contributed by atoms with Gasteiger partial charge in [-0.1, -0.05) is 41.5 Å². The highest BCUT2D eigenvalue weighted by atomic mass is 16.4. The normalized spacial score (nSPS) is 13.4. The summed E-state index contributed by atoms with van der Waals surface area (Å²) in [5, 5.41) is 0. The molecule has 0 spiro atoms. The quantitative estimate of drug-likeness (QED) is 0.614. The van der Waals surface area contributed by atoms with E-state index in [-0.39, 0.29) is 10.8 Å². The largest absolute Gasteiger partial charge is 0.445 e. The van der Waals surface area contributed by atoms with Crippen molar-refractivity contribution in [2.24, 2.45) is 0 Å². The SMILES string of the molecule is CC(C)(C)c1cnc(C(C)(C)C)o1. The van der Waals surface area contributed by atoms with Crippen LogP contribution in [-0.2, 0) is 10.8 Å². The fourth-order valence-electron chi connectivity index (χ4n) is 0.968. The Kier molecular flexibility index (Phi) is 2.27. The first-order chi connectivity index (χ1) is 5.71. The third-order valence-corrected chi connectivity index (χ3v) is 1.89. The van der Waals surface area contributed by atoms with Crippen molar-refractivity contribution in [1.29, 1.82) is 0 Å². The number of hydrogen-bond acceptors (Lipinski definition) is 2. The molecule has 0 amide bonds. The first-order valence-electron chi connectivity index (χ1n) is 4.68. The molecule has 0 fully saturated rings. The smallest absolute Gasteiger partial charge is 0.199 e. The van der Waals surface area contributed by atoms with Crippen LogP contribution < -0.4 is 0 Å². The third kappa shape index (κ3) is 2.33. The minimum absolute atomic E-state index is 0.00347. The van der Waals surface area contributed by atoms with Crippen LogP contribution in [0.5, 0.6) is 0 Å². The molecule has 1 aromatic rings. The van der Waals surface area contributed by atoms with Crippen LogP contribution in [0.3, 0.4) is 0 Å². The van der Waals surface area contributed by atoms with E-state index in [1.54, 1.807) is 0 Å². The molecule has 2 nitrogen and oxygen atoms in total. The molecule has 2 heteroatoms. The van der Waals surface area contributed by atoms with E-state index in [4.69, 9.17) is 4.42 Å². The zero-order valence-electron chi connectivity index (χ0n) is 9.43. The van der Waals surface area contributed by atoms with Crippen LogP contribution in [0.25, 0.3) is 0 Å². The average Bonchev–Trinajstić information content (AvgIpc) is 2.28. The Morgan fingerprint density at radius 1 is 1.00 bits per heavy atom. The Morgan fingerprint density at radius 2 is 1.54 bits per heavy atom. The highest BCUT2D eigenvalue weighted by molar-refractivity contribution is 5.09. The molecule has 0 aliphatic rings. The van der Waals surface area contributed by atoms with Crippen molar-refractivity contribution in [2.75, 3.05) is 0 Å². The van der Waals surface area contributed by atoms with Crippen molar-refractivity contribution in [3.8, 4) is 0 Å². The first kappa shape index (κ1) is 10.3. The summed E-state index contributed by atoms with van der Waals surface area (Å²) in [5.41, 5.74) is 0.0556. The Bertz CT molecular complexity index is 257. The van der Waals surface area contributed by atoms with Crippen molar-refractivity contribution in [3.05, 3.63) is 17.8 Å². The van der Waals surface area contributed by atoms with E-state index in [1.807, 2.05) is 6.20 Å². The summed E-state index contributed by atoms with van der Waals surface area (Å²) < 4.78 is 5.70. The fourth-order valence-corrected chi connectivity index (χ4v) is 0.968. The van der Waals surface area contributed by atoms with E-state index in [0.717, 1.165) is 11.7 Å². The summed E-state index contributed by atoms with van der Waals surface area (Å²) in [5.74, 6) is 1.77. The monoisotopic (exact) mass is 181 g/mol. The standard InChI is InChI=1S/C11H19NO/c1-10(2,3)8-7-12-9(13-8)11(4,5)6/h7H,1-6H3. The molecule has 1 heterocycles. The molecule has 0 aromatic carbocycles. The minimum Gasteiger partial charge on any atom is -0.445 e. The van der Waals surface area contributed by atoms with Crippen LogP contribution in [0, 0.1) is 0 Å². The minimum atomic E-state index is 0.00347. The highest BCUT2D eigenvalue weighted by Crippen LogP contribution is 2.27. The average molecular weight is 181 g/mol. The van der Waals surface area contributed by atoms with Crippen molar-refractivity contribution < 1.29 is 4.42 Å². The van der Waals surface area contributed by atoms with Gasteiger partial charge in [0, 0.05) is 10.8 Å². The molecule has 0 saturated carbocycles. The number of nitrogens with zero attached hydrogens (tertiary/aromatic N) is 1. The maximum atomic E-state index is 5.70. The number of rotatable bonds is 0. The van der Waals surface area contributed by atoms with Gasteiger partial charge < -0.3 is 4.42 Å². The van der Waals surface area contributed by atoms with E-state index in [1.165, 1.54) is 0 Å². The van der Waals surface area contributed by atoms with E-state index in [9.17, 15) is 0 Å². The topological polar surface area (TPSA) is 26.0 Å². The van der Waals surface area contributed by atoms with Crippen molar-refractivity contribution in [1.82, 2.24) is 4.98 Å². The Labute approximate surface area is 80.4 Å². The maximum Gasteiger partial charge on any atom is 0.199 e. The fraction of sp³-hybridized carbons (Fsp3) is 0.727. The van der Waals surface area contributed by atoms with Crippen LogP contribution in [0.2, 0.25) is 0 Å². The summed E-state index contributed by atoms with van der Waals surface area (Å²) in [6.07, 6.45) is 1.83. The predicted molar refractivity (Wildman–Crippen MR) is 53.9 cm³/mol. The molecule has 0 saturated heterocycles. The van der Waals surface area contributed by atoms with Gasteiger partial charge in [-0.15, -0.1) is 0 Å². The summed E-state index contributed by atoms with van der Waals surface area (Å²) in [6.45, 7) is 12.7.